The van der Waals surface area contributed by atoms with E-state index < -0.39 is 0 Å². The van der Waals surface area contributed by atoms with Crippen molar-refractivity contribution in [2.75, 3.05) is 6.54 Å². The second-order valence-corrected chi connectivity index (χ2v) is 6.92. The molecule has 1 fully saturated rings. The topological polar surface area (TPSA) is 67.1 Å². The molecule has 0 bridgehead atoms. The predicted molar refractivity (Wildman–Crippen MR) is 110 cm³/mol. The highest BCUT2D eigenvalue weighted by atomic mass is 127. The fraction of sp³-hybridized carbons (Fsp3) is 0.824. The first kappa shape index (κ1) is 21.2. The lowest BCUT2D eigenvalue weighted by Crippen LogP contribution is -2.45. The Balaban J connectivity index is 0.00000288. The van der Waals surface area contributed by atoms with Crippen LogP contribution in [-0.4, -0.2) is 33.3 Å². The van der Waals surface area contributed by atoms with Gasteiger partial charge in [-0.3, -0.25) is 0 Å². The van der Waals surface area contributed by atoms with Crippen molar-refractivity contribution in [2.45, 2.75) is 66.0 Å². The summed E-state index contributed by atoms with van der Waals surface area (Å²) in [6.45, 7) is 10.1. The average molecular weight is 448 g/mol. The number of nitrogens with one attached hydrogen (secondary N) is 2. The standard InChI is InChI=1S/C17H32N6.HI/c1-6-18-17(19-11-16-22-21-13(4)23(16)5)20-15-9-7-14(8-10-15)12(2)3;/h12,14-15H,6-11H2,1-5H3,(H2,18,19,20);1H. The summed E-state index contributed by atoms with van der Waals surface area (Å²) >= 11 is 0. The van der Waals surface area contributed by atoms with Crippen molar-refractivity contribution in [2.24, 2.45) is 23.9 Å². The molecule has 2 rings (SSSR count). The van der Waals surface area contributed by atoms with Gasteiger partial charge in [0.2, 0.25) is 0 Å². The lowest BCUT2D eigenvalue weighted by molar-refractivity contribution is 0.250. The van der Waals surface area contributed by atoms with Crippen LogP contribution in [0.5, 0.6) is 0 Å². The molecule has 1 heterocycles. The molecule has 0 spiro atoms. The molecule has 0 saturated heterocycles. The van der Waals surface area contributed by atoms with E-state index >= 15 is 0 Å². The van der Waals surface area contributed by atoms with E-state index in [0.717, 1.165) is 36.0 Å². The lowest BCUT2D eigenvalue weighted by Gasteiger charge is -2.32. The third kappa shape index (κ3) is 5.89. The van der Waals surface area contributed by atoms with Crippen LogP contribution in [0.15, 0.2) is 4.99 Å². The number of hydrogen-bond donors (Lipinski definition) is 2. The summed E-state index contributed by atoms with van der Waals surface area (Å²) < 4.78 is 1.99. The van der Waals surface area contributed by atoms with Crippen LogP contribution in [0, 0.1) is 18.8 Å². The highest BCUT2D eigenvalue weighted by Gasteiger charge is 2.23. The molecule has 0 aromatic carbocycles. The first-order chi connectivity index (χ1) is 11.0. The Bertz CT molecular complexity index is 517. The van der Waals surface area contributed by atoms with Crippen molar-refractivity contribution in [3.8, 4) is 0 Å². The van der Waals surface area contributed by atoms with E-state index in [1.165, 1.54) is 25.7 Å². The summed E-state index contributed by atoms with van der Waals surface area (Å²) in [7, 11) is 1.98. The first-order valence-electron chi connectivity index (χ1n) is 8.91. The third-order valence-electron chi connectivity index (χ3n) is 4.96. The maximum atomic E-state index is 4.68. The van der Waals surface area contributed by atoms with E-state index in [1.54, 1.807) is 0 Å². The number of hydrogen-bond acceptors (Lipinski definition) is 3. The Kier molecular flexibility index (Phi) is 9.01. The second-order valence-electron chi connectivity index (χ2n) is 6.92. The van der Waals surface area contributed by atoms with Gasteiger partial charge < -0.3 is 15.2 Å². The molecule has 138 valence electrons. The molecule has 24 heavy (non-hydrogen) atoms. The molecule has 0 amide bonds. The van der Waals surface area contributed by atoms with Gasteiger partial charge in [-0.1, -0.05) is 13.8 Å². The fourth-order valence-electron chi connectivity index (χ4n) is 3.18. The van der Waals surface area contributed by atoms with Crippen LogP contribution < -0.4 is 10.6 Å². The minimum Gasteiger partial charge on any atom is -0.357 e. The molecule has 1 aromatic rings. The molecule has 0 aliphatic heterocycles. The van der Waals surface area contributed by atoms with Crippen LogP contribution in [-0.2, 0) is 13.6 Å². The largest absolute Gasteiger partial charge is 0.357 e. The second kappa shape index (κ2) is 10.2. The Morgan fingerprint density at radius 1 is 1.25 bits per heavy atom. The molecule has 2 N–H and O–H groups in total. The van der Waals surface area contributed by atoms with Crippen LogP contribution in [0.25, 0.3) is 0 Å². The summed E-state index contributed by atoms with van der Waals surface area (Å²) in [5.41, 5.74) is 0. The normalized spacial score (nSPS) is 21.5. The maximum Gasteiger partial charge on any atom is 0.191 e. The van der Waals surface area contributed by atoms with Crippen molar-refractivity contribution in [1.29, 1.82) is 0 Å². The third-order valence-corrected chi connectivity index (χ3v) is 4.96. The van der Waals surface area contributed by atoms with E-state index in [4.69, 9.17) is 0 Å². The zero-order chi connectivity index (χ0) is 16.8. The summed E-state index contributed by atoms with van der Waals surface area (Å²) in [5, 5.41) is 15.2. The predicted octanol–water partition coefficient (Wildman–Crippen LogP) is 3.01. The van der Waals surface area contributed by atoms with E-state index in [1.807, 2.05) is 18.5 Å². The number of aromatic nitrogens is 3. The van der Waals surface area contributed by atoms with Gasteiger partial charge in [-0.05, 0) is 51.4 Å². The van der Waals surface area contributed by atoms with Crippen LogP contribution in [0.1, 0.15) is 58.1 Å². The highest BCUT2D eigenvalue weighted by Crippen LogP contribution is 2.29. The summed E-state index contributed by atoms with van der Waals surface area (Å²) in [5.74, 6) is 4.38. The Labute approximate surface area is 163 Å². The monoisotopic (exact) mass is 448 g/mol. The van der Waals surface area contributed by atoms with Crippen molar-refractivity contribution in [3.05, 3.63) is 11.6 Å². The number of nitrogens with zero attached hydrogens (tertiary/aromatic N) is 4. The molecule has 7 heteroatoms. The molecular formula is C17H33IN6. The van der Waals surface area contributed by atoms with Crippen LogP contribution in [0.2, 0.25) is 0 Å². The highest BCUT2D eigenvalue weighted by molar-refractivity contribution is 14.0. The van der Waals surface area contributed by atoms with Crippen molar-refractivity contribution >= 4 is 29.9 Å². The summed E-state index contributed by atoms with van der Waals surface area (Å²) in [4.78, 5) is 4.68. The minimum absolute atomic E-state index is 0. The van der Waals surface area contributed by atoms with Gasteiger partial charge in [0.1, 0.15) is 12.4 Å². The van der Waals surface area contributed by atoms with Gasteiger partial charge in [-0.2, -0.15) is 0 Å². The van der Waals surface area contributed by atoms with Crippen molar-refractivity contribution in [3.63, 3.8) is 0 Å². The van der Waals surface area contributed by atoms with Crippen LogP contribution >= 0.6 is 24.0 Å². The first-order valence-corrected chi connectivity index (χ1v) is 8.91. The number of rotatable bonds is 5. The fourth-order valence-corrected chi connectivity index (χ4v) is 3.18. The molecule has 0 radical (unpaired) electrons. The Morgan fingerprint density at radius 3 is 2.42 bits per heavy atom. The lowest BCUT2D eigenvalue weighted by atomic mass is 9.80. The van der Waals surface area contributed by atoms with Crippen LogP contribution in [0.4, 0.5) is 0 Å². The zero-order valence-corrected chi connectivity index (χ0v) is 18.0. The van der Waals surface area contributed by atoms with Gasteiger partial charge in [0, 0.05) is 19.6 Å². The summed E-state index contributed by atoms with van der Waals surface area (Å²) in [6, 6.07) is 0.532. The quantitative estimate of drug-likeness (QED) is 0.413. The Morgan fingerprint density at radius 2 is 1.92 bits per heavy atom. The van der Waals surface area contributed by atoms with Crippen molar-refractivity contribution in [1.82, 2.24) is 25.4 Å². The van der Waals surface area contributed by atoms with Gasteiger partial charge >= 0.3 is 0 Å². The molecule has 1 aliphatic rings. The maximum absolute atomic E-state index is 4.68. The Hall–Kier alpha value is -0.860. The SMILES string of the molecule is CCNC(=NCc1nnc(C)n1C)NC1CCC(C(C)C)CC1.I. The van der Waals surface area contributed by atoms with Crippen LogP contribution in [0.3, 0.4) is 0 Å². The van der Waals surface area contributed by atoms with E-state index in [0.29, 0.717) is 12.6 Å². The van der Waals surface area contributed by atoms with Gasteiger partial charge in [0.15, 0.2) is 11.8 Å². The minimum atomic E-state index is 0. The van der Waals surface area contributed by atoms with Gasteiger partial charge in [-0.15, -0.1) is 34.2 Å². The molecular weight excluding hydrogens is 415 g/mol. The summed E-state index contributed by atoms with van der Waals surface area (Å²) in [6.07, 6.45) is 5.10. The van der Waals surface area contributed by atoms with Gasteiger partial charge in [0.05, 0.1) is 0 Å². The molecule has 0 unspecified atom stereocenters. The molecule has 6 nitrogen and oxygen atoms in total. The molecule has 1 saturated carbocycles. The number of halogens is 1. The van der Waals surface area contributed by atoms with E-state index in [-0.39, 0.29) is 24.0 Å². The number of aryl methyl sites for hydroxylation is 1. The van der Waals surface area contributed by atoms with Gasteiger partial charge in [-0.25, -0.2) is 4.99 Å². The smallest absolute Gasteiger partial charge is 0.191 e. The molecule has 1 aromatic heterocycles. The number of guanidine groups is 1. The average Bonchev–Trinajstić information content (AvgIpc) is 2.85. The molecule has 0 atom stereocenters. The zero-order valence-electron chi connectivity index (χ0n) is 15.7. The van der Waals surface area contributed by atoms with Gasteiger partial charge in [0.25, 0.3) is 0 Å². The number of aliphatic imine (C=N–C) groups is 1. The van der Waals surface area contributed by atoms with E-state index in [2.05, 4.69) is 46.6 Å². The van der Waals surface area contributed by atoms with E-state index in [9.17, 15) is 0 Å². The molecule has 1 aliphatic carbocycles. The van der Waals surface area contributed by atoms with Crippen molar-refractivity contribution < 1.29 is 0 Å².